The van der Waals surface area contributed by atoms with Crippen LogP contribution in [0, 0.1) is 6.08 Å². The fourth-order valence-electron chi connectivity index (χ4n) is 1.75. The molecule has 0 spiro atoms. The Hall–Kier alpha value is -0.706. The van der Waals surface area contributed by atoms with Gasteiger partial charge in [-0.25, -0.2) is 8.78 Å². The van der Waals surface area contributed by atoms with Crippen molar-refractivity contribution in [3.63, 3.8) is 0 Å². The number of hydrogen-bond acceptors (Lipinski definition) is 2. The number of halogens is 3. The second kappa shape index (κ2) is 8.07. The minimum atomic E-state index is -2.48. The van der Waals surface area contributed by atoms with Gasteiger partial charge in [0.15, 0.2) is 0 Å². The zero-order valence-corrected chi connectivity index (χ0v) is 15.0. The van der Waals surface area contributed by atoms with E-state index in [1.807, 2.05) is 11.9 Å². The van der Waals surface area contributed by atoms with Gasteiger partial charge in [0.2, 0.25) is 0 Å². The van der Waals surface area contributed by atoms with Crippen molar-refractivity contribution in [3.05, 3.63) is 59.3 Å². The van der Waals surface area contributed by atoms with Crippen molar-refractivity contribution in [1.82, 2.24) is 4.90 Å². The van der Waals surface area contributed by atoms with Crippen molar-refractivity contribution < 1.29 is 46.2 Å². The van der Waals surface area contributed by atoms with Crippen LogP contribution in [0.25, 0.3) is 5.70 Å². The van der Waals surface area contributed by atoms with Crippen LogP contribution in [0.1, 0.15) is 5.56 Å². The molecule has 2 nitrogen and oxygen atoms in total. The topological polar surface area (TPSA) is 12.5 Å². The first-order valence-corrected chi connectivity index (χ1v) is 6.30. The van der Waals surface area contributed by atoms with Crippen LogP contribution >= 0.6 is 11.6 Å². The quantitative estimate of drug-likeness (QED) is 0.725. The van der Waals surface area contributed by atoms with Gasteiger partial charge in [-0.05, 0) is 22.9 Å². The van der Waals surface area contributed by atoms with E-state index in [1.165, 1.54) is 0 Å². The van der Waals surface area contributed by atoms with E-state index in [1.54, 1.807) is 30.3 Å². The summed E-state index contributed by atoms with van der Waals surface area (Å²) in [4.78, 5) is 1.82. The molecule has 0 fully saturated rings. The predicted octanol–water partition coefficient (Wildman–Crippen LogP) is 4.05. The van der Waals surface area contributed by atoms with Gasteiger partial charge < -0.3 is 9.64 Å². The van der Waals surface area contributed by atoms with E-state index in [4.69, 9.17) is 16.3 Å². The maximum Gasteiger partial charge on any atom is 0.272 e. The van der Waals surface area contributed by atoms with Crippen molar-refractivity contribution >= 4 is 17.3 Å². The zero-order chi connectivity index (χ0) is 14.7. The van der Waals surface area contributed by atoms with Crippen LogP contribution in [0.2, 0.25) is 0 Å². The Kier molecular flexibility index (Phi) is 7.05. The molecule has 0 N–H and O–H groups in total. The average molecular weight is 386 g/mol. The SMILES string of the molecule is C=C1C(Cl)=C[C-]=C(c2ccc(OCC(F)F)cc2)N1C.[Y]. The third-order valence-corrected chi connectivity index (χ3v) is 3.18. The van der Waals surface area contributed by atoms with E-state index in [-0.39, 0.29) is 32.7 Å². The summed E-state index contributed by atoms with van der Waals surface area (Å²) < 4.78 is 29.0. The van der Waals surface area contributed by atoms with Crippen LogP contribution in [-0.4, -0.2) is 25.0 Å². The molecule has 0 aliphatic carbocycles. The van der Waals surface area contributed by atoms with Crippen LogP contribution in [0.5, 0.6) is 5.75 Å². The Bertz CT molecular complexity index is 570. The molecule has 1 aromatic carbocycles. The van der Waals surface area contributed by atoms with E-state index >= 15 is 0 Å². The van der Waals surface area contributed by atoms with Gasteiger partial charge in [-0.2, -0.15) is 23.8 Å². The standard InChI is InChI=1S/C15H13ClF2NO.Y/c1-10-13(16)7-8-14(19(10)2)11-3-5-12(6-4-11)20-9-15(17)18;/h3-7,15H,1,9H2,2H3;/q-1;. The maximum atomic E-state index is 12.0. The summed E-state index contributed by atoms with van der Waals surface area (Å²) in [5.41, 5.74) is 2.36. The monoisotopic (exact) mass is 385 g/mol. The number of benzene rings is 1. The van der Waals surface area contributed by atoms with Gasteiger partial charge in [0, 0.05) is 39.8 Å². The van der Waals surface area contributed by atoms with Crippen LogP contribution in [-0.2, 0) is 32.7 Å². The minimum absolute atomic E-state index is 0. The molecule has 1 aromatic rings. The van der Waals surface area contributed by atoms with E-state index in [9.17, 15) is 8.78 Å². The number of likely N-dealkylation sites (N-methyl/N-ethyl adjacent to an activating group) is 1. The number of rotatable bonds is 4. The molecule has 0 bridgehead atoms. The second-order valence-electron chi connectivity index (χ2n) is 4.22. The molecule has 21 heavy (non-hydrogen) atoms. The van der Waals surface area contributed by atoms with Crippen LogP contribution in [0.3, 0.4) is 0 Å². The molecule has 1 aliphatic heterocycles. The Labute approximate surface area is 153 Å². The maximum absolute atomic E-state index is 12.0. The van der Waals surface area contributed by atoms with Gasteiger partial charge in [0.05, 0.1) is 0 Å². The normalized spacial score (nSPS) is 14.5. The molecular weight excluding hydrogens is 373 g/mol. The van der Waals surface area contributed by atoms with Crippen LogP contribution < -0.4 is 4.74 Å². The van der Waals surface area contributed by atoms with Gasteiger partial charge in [-0.1, -0.05) is 17.8 Å². The van der Waals surface area contributed by atoms with E-state index in [0.29, 0.717) is 16.5 Å². The summed E-state index contributed by atoms with van der Waals surface area (Å²) in [5, 5.41) is 0.535. The third-order valence-electron chi connectivity index (χ3n) is 2.86. The van der Waals surface area contributed by atoms with Gasteiger partial charge in [0.25, 0.3) is 6.43 Å². The number of ether oxygens (including phenoxy) is 1. The van der Waals surface area contributed by atoms with Gasteiger partial charge in [-0.3, -0.25) is 0 Å². The first-order valence-electron chi connectivity index (χ1n) is 5.92. The molecule has 0 atom stereocenters. The van der Waals surface area contributed by atoms with Gasteiger partial charge in [0.1, 0.15) is 12.4 Å². The smallest absolute Gasteiger partial charge is 0.272 e. The molecule has 0 saturated heterocycles. The summed E-state index contributed by atoms with van der Waals surface area (Å²) in [5.74, 6) is 0.403. The largest absolute Gasteiger partial charge is 0.488 e. The molecule has 1 radical (unpaired) electrons. The fourth-order valence-corrected chi connectivity index (χ4v) is 1.93. The summed E-state index contributed by atoms with van der Waals surface area (Å²) in [6.07, 6.45) is 2.23. The summed E-state index contributed by atoms with van der Waals surface area (Å²) in [7, 11) is 1.83. The molecule has 0 saturated carbocycles. The Morgan fingerprint density at radius 3 is 2.52 bits per heavy atom. The number of hydrogen-bond donors (Lipinski definition) is 0. The van der Waals surface area contributed by atoms with Crippen molar-refractivity contribution in [1.29, 1.82) is 0 Å². The van der Waals surface area contributed by atoms with Crippen molar-refractivity contribution in [2.45, 2.75) is 6.43 Å². The second-order valence-corrected chi connectivity index (χ2v) is 4.62. The molecule has 6 heteroatoms. The Balaban J connectivity index is 0.00000220. The van der Waals surface area contributed by atoms with Crippen LogP contribution in [0.4, 0.5) is 8.78 Å². The first kappa shape index (κ1) is 18.3. The average Bonchev–Trinajstić information content (AvgIpc) is 2.43. The summed E-state index contributed by atoms with van der Waals surface area (Å²) in [6.45, 7) is 3.27. The van der Waals surface area contributed by atoms with E-state index < -0.39 is 13.0 Å². The molecular formula is C15H13ClF2NOY-. The molecule has 1 heterocycles. The number of alkyl halides is 2. The number of nitrogens with zero attached hydrogens (tertiary/aromatic N) is 1. The fraction of sp³-hybridized carbons (Fsp3) is 0.200. The Morgan fingerprint density at radius 2 is 1.95 bits per heavy atom. The summed E-state index contributed by atoms with van der Waals surface area (Å²) in [6, 6.07) is 6.84. The predicted molar refractivity (Wildman–Crippen MR) is 75.4 cm³/mol. The molecule has 0 aromatic heterocycles. The molecule has 2 rings (SSSR count). The minimum Gasteiger partial charge on any atom is -0.488 e. The summed E-state index contributed by atoms with van der Waals surface area (Å²) >= 11 is 5.96. The van der Waals surface area contributed by atoms with Crippen LogP contribution in [0.15, 0.2) is 47.6 Å². The number of allylic oxidation sites excluding steroid dienone is 3. The van der Waals surface area contributed by atoms with Crippen molar-refractivity contribution in [2.75, 3.05) is 13.7 Å². The van der Waals surface area contributed by atoms with E-state index in [2.05, 4.69) is 12.7 Å². The zero-order valence-electron chi connectivity index (χ0n) is 11.4. The third kappa shape index (κ3) is 4.63. The molecule has 0 unspecified atom stereocenters. The Morgan fingerprint density at radius 1 is 1.33 bits per heavy atom. The van der Waals surface area contributed by atoms with Crippen molar-refractivity contribution in [3.8, 4) is 5.75 Å². The molecule has 0 amide bonds. The van der Waals surface area contributed by atoms with Gasteiger partial charge in [-0.15, -0.1) is 12.1 Å². The van der Waals surface area contributed by atoms with Gasteiger partial charge >= 0.3 is 0 Å². The first-order chi connectivity index (χ1) is 9.49. The molecule has 109 valence electrons. The van der Waals surface area contributed by atoms with Crippen molar-refractivity contribution in [2.24, 2.45) is 0 Å². The molecule has 1 aliphatic rings. The van der Waals surface area contributed by atoms with E-state index in [0.717, 1.165) is 11.3 Å².